The maximum atomic E-state index is 12.0. The fraction of sp³-hybridized carbons (Fsp3) is 0.200. The maximum absolute atomic E-state index is 12.0. The predicted octanol–water partition coefficient (Wildman–Crippen LogP) is 3.12. The molecule has 0 aliphatic rings. The van der Waals surface area contributed by atoms with Gasteiger partial charge in [0, 0.05) is 9.35 Å². The van der Waals surface area contributed by atoms with E-state index in [-0.39, 0.29) is 24.4 Å². The van der Waals surface area contributed by atoms with Crippen molar-refractivity contribution in [2.24, 2.45) is 0 Å². The minimum atomic E-state index is -0.276. The quantitative estimate of drug-likeness (QED) is 0.853. The summed E-state index contributed by atoms with van der Waals surface area (Å²) in [5, 5.41) is 7.43. The SMILES string of the molecule is CC(NC(=O)CNC(=O)c1ccccc1Br)c1cccs1. The summed E-state index contributed by atoms with van der Waals surface area (Å²) in [7, 11) is 0. The van der Waals surface area contributed by atoms with Crippen molar-refractivity contribution in [3.8, 4) is 0 Å². The van der Waals surface area contributed by atoms with Crippen LogP contribution in [0.1, 0.15) is 28.2 Å². The van der Waals surface area contributed by atoms with Crippen LogP contribution in [0, 0.1) is 0 Å². The highest BCUT2D eigenvalue weighted by Crippen LogP contribution is 2.18. The lowest BCUT2D eigenvalue weighted by atomic mass is 10.2. The van der Waals surface area contributed by atoms with Gasteiger partial charge in [0.25, 0.3) is 5.91 Å². The molecule has 0 spiro atoms. The van der Waals surface area contributed by atoms with Gasteiger partial charge in [-0.15, -0.1) is 11.3 Å². The van der Waals surface area contributed by atoms with Gasteiger partial charge in [0.05, 0.1) is 18.2 Å². The van der Waals surface area contributed by atoms with E-state index < -0.39 is 0 Å². The lowest BCUT2D eigenvalue weighted by molar-refractivity contribution is -0.120. The minimum Gasteiger partial charge on any atom is -0.347 e. The molecule has 0 radical (unpaired) electrons. The number of carbonyl (C=O) groups excluding carboxylic acids is 2. The molecule has 1 atom stereocenters. The van der Waals surface area contributed by atoms with Gasteiger partial charge in [0.2, 0.25) is 5.91 Å². The maximum Gasteiger partial charge on any atom is 0.252 e. The molecule has 1 unspecified atom stereocenters. The van der Waals surface area contributed by atoms with Crippen molar-refractivity contribution in [1.29, 1.82) is 0 Å². The number of rotatable bonds is 5. The van der Waals surface area contributed by atoms with Gasteiger partial charge >= 0.3 is 0 Å². The van der Waals surface area contributed by atoms with Crippen LogP contribution in [0.3, 0.4) is 0 Å². The van der Waals surface area contributed by atoms with Crippen molar-refractivity contribution in [2.75, 3.05) is 6.54 Å². The lowest BCUT2D eigenvalue weighted by Gasteiger charge is -2.13. The fourth-order valence-electron chi connectivity index (χ4n) is 1.80. The number of benzene rings is 1. The lowest BCUT2D eigenvalue weighted by Crippen LogP contribution is -2.37. The molecule has 0 bridgehead atoms. The summed E-state index contributed by atoms with van der Waals surface area (Å²) in [6.45, 7) is 1.87. The van der Waals surface area contributed by atoms with Gasteiger partial charge in [-0.05, 0) is 46.4 Å². The zero-order chi connectivity index (χ0) is 15.2. The van der Waals surface area contributed by atoms with Crippen LogP contribution in [0.4, 0.5) is 0 Å². The minimum absolute atomic E-state index is 0.0458. The number of amides is 2. The molecule has 6 heteroatoms. The molecule has 2 rings (SSSR count). The van der Waals surface area contributed by atoms with Crippen LogP contribution in [-0.2, 0) is 4.79 Å². The highest BCUT2D eigenvalue weighted by atomic mass is 79.9. The summed E-state index contributed by atoms with van der Waals surface area (Å²) in [4.78, 5) is 24.9. The summed E-state index contributed by atoms with van der Waals surface area (Å²) in [6, 6.07) is 10.9. The molecule has 2 N–H and O–H groups in total. The summed E-state index contributed by atoms with van der Waals surface area (Å²) < 4.78 is 0.704. The first-order valence-corrected chi connectivity index (χ1v) is 8.10. The molecule has 0 saturated carbocycles. The van der Waals surface area contributed by atoms with Crippen LogP contribution in [0.5, 0.6) is 0 Å². The average Bonchev–Trinajstić information content (AvgIpc) is 2.99. The van der Waals surface area contributed by atoms with Crippen LogP contribution in [0.25, 0.3) is 0 Å². The summed E-state index contributed by atoms with van der Waals surface area (Å²) in [5.74, 6) is -0.488. The van der Waals surface area contributed by atoms with E-state index in [1.165, 1.54) is 0 Å². The zero-order valence-corrected chi connectivity index (χ0v) is 13.8. The number of carbonyl (C=O) groups is 2. The summed E-state index contributed by atoms with van der Waals surface area (Å²) in [6.07, 6.45) is 0. The number of halogens is 1. The second-order valence-corrected chi connectivity index (χ2v) is 6.30. The first kappa shape index (κ1) is 15.7. The average molecular weight is 367 g/mol. The van der Waals surface area contributed by atoms with Crippen molar-refractivity contribution in [2.45, 2.75) is 13.0 Å². The Hall–Kier alpha value is -1.66. The van der Waals surface area contributed by atoms with E-state index in [1.54, 1.807) is 29.5 Å². The smallest absolute Gasteiger partial charge is 0.252 e. The van der Waals surface area contributed by atoms with Gasteiger partial charge < -0.3 is 10.6 Å². The van der Waals surface area contributed by atoms with Crippen LogP contribution >= 0.6 is 27.3 Å². The van der Waals surface area contributed by atoms with E-state index in [1.807, 2.05) is 30.5 Å². The highest BCUT2D eigenvalue weighted by Gasteiger charge is 2.13. The van der Waals surface area contributed by atoms with Crippen LogP contribution in [-0.4, -0.2) is 18.4 Å². The van der Waals surface area contributed by atoms with Crippen molar-refractivity contribution in [3.05, 3.63) is 56.7 Å². The second-order valence-electron chi connectivity index (χ2n) is 4.47. The first-order chi connectivity index (χ1) is 10.1. The number of thiophene rings is 1. The van der Waals surface area contributed by atoms with Gasteiger partial charge in [-0.3, -0.25) is 9.59 Å². The van der Waals surface area contributed by atoms with Crippen molar-refractivity contribution in [3.63, 3.8) is 0 Å². The number of hydrogen-bond donors (Lipinski definition) is 2. The highest BCUT2D eigenvalue weighted by molar-refractivity contribution is 9.10. The van der Waals surface area contributed by atoms with Gasteiger partial charge in [-0.1, -0.05) is 18.2 Å². The topological polar surface area (TPSA) is 58.2 Å². The molecule has 4 nitrogen and oxygen atoms in total. The Bertz CT molecular complexity index is 628. The molecular weight excluding hydrogens is 352 g/mol. The fourth-order valence-corrected chi connectivity index (χ4v) is 3.00. The largest absolute Gasteiger partial charge is 0.347 e. The molecular formula is C15H15BrN2O2S. The van der Waals surface area contributed by atoms with E-state index >= 15 is 0 Å². The Balaban J connectivity index is 1.84. The van der Waals surface area contributed by atoms with Crippen molar-refractivity contribution in [1.82, 2.24) is 10.6 Å². The molecule has 0 saturated heterocycles. The van der Waals surface area contributed by atoms with E-state index in [4.69, 9.17) is 0 Å². The normalized spacial score (nSPS) is 11.7. The Labute approximate surface area is 135 Å². The van der Waals surface area contributed by atoms with Crippen LogP contribution < -0.4 is 10.6 Å². The number of nitrogens with one attached hydrogen (secondary N) is 2. The third kappa shape index (κ3) is 4.41. The molecule has 1 aromatic carbocycles. The van der Waals surface area contributed by atoms with Crippen molar-refractivity contribution < 1.29 is 9.59 Å². The van der Waals surface area contributed by atoms with E-state index in [2.05, 4.69) is 26.6 Å². The van der Waals surface area contributed by atoms with E-state index in [0.717, 1.165) is 4.88 Å². The summed E-state index contributed by atoms with van der Waals surface area (Å²) in [5.41, 5.74) is 0.511. The first-order valence-electron chi connectivity index (χ1n) is 6.43. The monoisotopic (exact) mass is 366 g/mol. The molecule has 0 aliphatic carbocycles. The second kappa shape index (κ2) is 7.38. The van der Waals surface area contributed by atoms with E-state index in [0.29, 0.717) is 10.0 Å². The molecule has 1 heterocycles. The van der Waals surface area contributed by atoms with Gasteiger partial charge in [0.1, 0.15) is 0 Å². The standard InChI is InChI=1S/C15H15BrN2O2S/c1-10(13-7-4-8-21-13)18-14(19)9-17-15(20)11-5-2-3-6-12(11)16/h2-8,10H,9H2,1H3,(H,17,20)(H,18,19). The van der Waals surface area contributed by atoms with Gasteiger partial charge in [-0.2, -0.15) is 0 Å². The third-order valence-corrected chi connectivity index (χ3v) is 4.62. The van der Waals surface area contributed by atoms with E-state index in [9.17, 15) is 9.59 Å². The van der Waals surface area contributed by atoms with Crippen LogP contribution in [0.2, 0.25) is 0 Å². The molecule has 0 fully saturated rings. The molecule has 1 aromatic heterocycles. The Morgan fingerprint density at radius 1 is 1.24 bits per heavy atom. The molecule has 2 aromatic rings. The Kier molecular flexibility index (Phi) is 5.52. The molecule has 21 heavy (non-hydrogen) atoms. The van der Waals surface area contributed by atoms with Gasteiger partial charge in [0.15, 0.2) is 0 Å². The van der Waals surface area contributed by atoms with Crippen LogP contribution in [0.15, 0.2) is 46.3 Å². The molecule has 0 aliphatic heterocycles. The van der Waals surface area contributed by atoms with Gasteiger partial charge in [-0.25, -0.2) is 0 Å². The third-order valence-electron chi connectivity index (χ3n) is 2.88. The Morgan fingerprint density at radius 3 is 2.67 bits per heavy atom. The number of hydrogen-bond acceptors (Lipinski definition) is 3. The zero-order valence-electron chi connectivity index (χ0n) is 11.4. The molecule has 2 amide bonds. The molecule has 110 valence electrons. The predicted molar refractivity (Wildman–Crippen MR) is 87.4 cm³/mol. The van der Waals surface area contributed by atoms with Crippen molar-refractivity contribution >= 4 is 39.1 Å². The summed E-state index contributed by atoms with van der Waals surface area (Å²) >= 11 is 4.90. The Morgan fingerprint density at radius 2 is 2.00 bits per heavy atom.